The number of hydrogen-bond donors (Lipinski definition) is 2. The van der Waals surface area contributed by atoms with Crippen molar-refractivity contribution in [3.05, 3.63) is 34.3 Å². The van der Waals surface area contributed by atoms with Crippen LogP contribution in [0.4, 0.5) is 0 Å². The van der Waals surface area contributed by atoms with Gasteiger partial charge in [0.05, 0.1) is 6.54 Å². The Morgan fingerprint density at radius 2 is 2.06 bits per heavy atom. The van der Waals surface area contributed by atoms with Crippen molar-refractivity contribution >= 4 is 34.2 Å². The molecule has 0 heterocycles. The molecule has 0 aromatic heterocycles. The lowest BCUT2D eigenvalue weighted by Crippen LogP contribution is -2.39. The summed E-state index contributed by atoms with van der Waals surface area (Å²) in [5, 5.41) is 5.76. The third kappa shape index (κ3) is 6.05. The number of likely N-dealkylation sites (N-methyl/N-ethyl adjacent to an activating group) is 1. The Bertz CT molecular complexity index is 360. The molecule has 5 heteroatoms. The molecule has 0 saturated carbocycles. The highest BCUT2D eigenvalue weighted by molar-refractivity contribution is 9.10. The molecule has 3 nitrogen and oxygen atoms in total. The fourth-order valence-corrected chi connectivity index (χ4v) is 1.98. The minimum atomic E-state index is 0. The summed E-state index contributed by atoms with van der Waals surface area (Å²) in [4.78, 5) is 11.3. The third-order valence-electron chi connectivity index (χ3n) is 2.23. The molecule has 0 aliphatic rings. The normalized spacial score (nSPS) is 11.5. The van der Waals surface area contributed by atoms with Gasteiger partial charge in [0.15, 0.2) is 0 Å². The number of amides is 1. The van der Waals surface area contributed by atoms with Gasteiger partial charge in [-0.25, -0.2) is 0 Å². The van der Waals surface area contributed by atoms with Crippen LogP contribution in [0.3, 0.4) is 0 Å². The van der Waals surface area contributed by atoms with Crippen molar-refractivity contribution in [3.63, 3.8) is 0 Å². The Hall–Kier alpha value is -0.580. The van der Waals surface area contributed by atoms with Crippen LogP contribution in [0.5, 0.6) is 0 Å². The maximum atomic E-state index is 11.3. The van der Waals surface area contributed by atoms with Crippen LogP contribution in [0.2, 0.25) is 0 Å². The third-order valence-corrected chi connectivity index (χ3v) is 3.00. The average Bonchev–Trinajstić information content (AvgIpc) is 2.21. The lowest BCUT2D eigenvalue weighted by atomic mass is 10.1. The number of hydrogen-bond acceptors (Lipinski definition) is 2. The molecule has 1 unspecified atom stereocenters. The SMILES string of the molecule is CNCC(=O)NC(C)Cc1ccccc1Br.Cl. The topological polar surface area (TPSA) is 41.1 Å². The molecule has 1 rings (SSSR count). The highest BCUT2D eigenvalue weighted by Crippen LogP contribution is 2.17. The standard InChI is InChI=1S/C12H17BrN2O.ClH/c1-9(15-12(16)8-14-2)7-10-5-3-4-6-11(10)13;/h3-6,9,14H,7-8H2,1-2H3,(H,15,16);1H. The van der Waals surface area contributed by atoms with Gasteiger partial charge in [-0.05, 0) is 32.0 Å². The number of carbonyl (C=O) groups excluding carboxylic acids is 1. The van der Waals surface area contributed by atoms with E-state index in [4.69, 9.17) is 0 Å². The predicted molar refractivity (Wildman–Crippen MR) is 76.6 cm³/mol. The summed E-state index contributed by atoms with van der Waals surface area (Å²) < 4.78 is 1.09. The molecule has 0 radical (unpaired) electrons. The average molecular weight is 322 g/mol. The van der Waals surface area contributed by atoms with Gasteiger partial charge in [0.1, 0.15) is 0 Å². The van der Waals surface area contributed by atoms with Gasteiger partial charge in [-0.15, -0.1) is 12.4 Å². The lowest BCUT2D eigenvalue weighted by molar-refractivity contribution is -0.120. The second-order valence-corrected chi connectivity index (χ2v) is 4.65. The molecule has 0 bridgehead atoms. The lowest BCUT2D eigenvalue weighted by Gasteiger charge is -2.14. The van der Waals surface area contributed by atoms with Crippen molar-refractivity contribution in [1.29, 1.82) is 0 Å². The number of benzene rings is 1. The van der Waals surface area contributed by atoms with Gasteiger partial charge in [0.2, 0.25) is 5.91 Å². The van der Waals surface area contributed by atoms with E-state index in [1.165, 1.54) is 5.56 Å². The van der Waals surface area contributed by atoms with E-state index in [0.717, 1.165) is 10.9 Å². The molecule has 1 aromatic carbocycles. The summed E-state index contributed by atoms with van der Waals surface area (Å²) in [7, 11) is 1.76. The van der Waals surface area contributed by atoms with Crippen molar-refractivity contribution in [2.75, 3.05) is 13.6 Å². The summed E-state index contributed by atoms with van der Waals surface area (Å²) in [5.74, 6) is 0.0297. The van der Waals surface area contributed by atoms with Gasteiger partial charge in [0, 0.05) is 10.5 Å². The second-order valence-electron chi connectivity index (χ2n) is 3.79. The van der Waals surface area contributed by atoms with Gasteiger partial charge in [-0.2, -0.15) is 0 Å². The van der Waals surface area contributed by atoms with Gasteiger partial charge < -0.3 is 10.6 Å². The van der Waals surface area contributed by atoms with Gasteiger partial charge in [0.25, 0.3) is 0 Å². The van der Waals surface area contributed by atoms with E-state index in [0.29, 0.717) is 6.54 Å². The van der Waals surface area contributed by atoms with Crippen molar-refractivity contribution in [2.24, 2.45) is 0 Å². The van der Waals surface area contributed by atoms with Crippen LogP contribution in [0.1, 0.15) is 12.5 Å². The Balaban J connectivity index is 0.00000256. The van der Waals surface area contributed by atoms with Crippen molar-refractivity contribution in [1.82, 2.24) is 10.6 Å². The minimum absolute atomic E-state index is 0. The molecule has 17 heavy (non-hydrogen) atoms. The zero-order valence-corrected chi connectivity index (χ0v) is 12.4. The molecule has 0 spiro atoms. The molecular weight excluding hydrogens is 304 g/mol. The zero-order chi connectivity index (χ0) is 12.0. The Kier molecular flexibility index (Phi) is 8.21. The van der Waals surface area contributed by atoms with Crippen LogP contribution in [-0.2, 0) is 11.2 Å². The van der Waals surface area contributed by atoms with Crippen molar-refractivity contribution in [2.45, 2.75) is 19.4 Å². The molecule has 0 aliphatic carbocycles. The maximum absolute atomic E-state index is 11.3. The molecule has 96 valence electrons. The minimum Gasteiger partial charge on any atom is -0.352 e. The quantitative estimate of drug-likeness (QED) is 0.872. The van der Waals surface area contributed by atoms with E-state index in [-0.39, 0.29) is 24.4 Å². The van der Waals surface area contributed by atoms with Gasteiger partial charge >= 0.3 is 0 Å². The van der Waals surface area contributed by atoms with E-state index >= 15 is 0 Å². The Morgan fingerprint density at radius 3 is 2.65 bits per heavy atom. The molecule has 1 aromatic rings. The zero-order valence-electron chi connectivity index (χ0n) is 10.00. The van der Waals surface area contributed by atoms with E-state index in [1.807, 2.05) is 25.1 Å². The first-order chi connectivity index (χ1) is 7.63. The summed E-state index contributed by atoms with van der Waals surface area (Å²) in [5.41, 5.74) is 1.21. The number of nitrogens with one attached hydrogen (secondary N) is 2. The molecule has 1 amide bonds. The van der Waals surface area contributed by atoms with E-state index in [2.05, 4.69) is 32.6 Å². The first kappa shape index (κ1) is 16.4. The molecule has 0 saturated heterocycles. The van der Waals surface area contributed by atoms with Crippen LogP contribution in [-0.4, -0.2) is 25.5 Å². The summed E-state index contributed by atoms with van der Waals surface area (Å²) in [6.07, 6.45) is 0.830. The fourth-order valence-electron chi connectivity index (χ4n) is 1.53. The number of rotatable bonds is 5. The first-order valence-electron chi connectivity index (χ1n) is 5.31. The van der Waals surface area contributed by atoms with Crippen LogP contribution in [0.25, 0.3) is 0 Å². The van der Waals surface area contributed by atoms with Crippen molar-refractivity contribution in [3.8, 4) is 0 Å². The van der Waals surface area contributed by atoms with Crippen LogP contribution >= 0.6 is 28.3 Å². The first-order valence-corrected chi connectivity index (χ1v) is 6.10. The summed E-state index contributed by atoms with van der Waals surface area (Å²) >= 11 is 3.50. The van der Waals surface area contributed by atoms with Crippen molar-refractivity contribution < 1.29 is 4.79 Å². The Morgan fingerprint density at radius 1 is 1.41 bits per heavy atom. The number of carbonyl (C=O) groups is 1. The maximum Gasteiger partial charge on any atom is 0.234 e. The highest BCUT2D eigenvalue weighted by Gasteiger charge is 2.08. The van der Waals surface area contributed by atoms with E-state index in [9.17, 15) is 4.79 Å². The van der Waals surface area contributed by atoms with E-state index < -0.39 is 0 Å². The van der Waals surface area contributed by atoms with Crippen LogP contribution < -0.4 is 10.6 Å². The molecule has 1 atom stereocenters. The molecular formula is C12H18BrClN2O. The smallest absolute Gasteiger partial charge is 0.234 e. The second kappa shape index (κ2) is 8.50. The highest BCUT2D eigenvalue weighted by atomic mass is 79.9. The largest absolute Gasteiger partial charge is 0.352 e. The number of halogens is 2. The predicted octanol–water partition coefficient (Wildman–Crippen LogP) is 2.14. The molecule has 2 N–H and O–H groups in total. The van der Waals surface area contributed by atoms with Crippen LogP contribution in [0.15, 0.2) is 28.7 Å². The van der Waals surface area contributed by atoms with Gasteiger partial charge in [-0.3, -0.25) is 4.79 Å². The summed E-state index contributed by atoms with van der Waals surface area (Å²) in [6.45, 7) is 2.37. The Labute approximate surface area is 117 Å². The van der Waals surface area contributed by atoms with Crippen LogP contribution in [0, 0.1) is 0 Å². The fraction of sp³-hybridized carbons (Fsp3) is 0.417. The van der Waals surface area contributed by atoms with E-state index in [1.54, 1.807) is 7.05 Å². The molecule has 0 fully saturated rings. The van der Waals surface area contributed by atoms with Gasteiger partial charge in [-0.1, -0.05) is 34.1 Å². The monoisotopic (exact) mass is 320 g/mol. The summed E-state index contributed by atoms with van der Waals surface area (Å²) in [6, 6.07) is 8.20. The molecule has 0 aliphatic heterocycles.